The number of halogens is 2. The van der Waals surface area contributed by atoms with Crippen LogP contribution in [0.3, 0.4) is 0 Å². The molecule has 0 spiro atoms. The first-order valence-electron chi connectivity index (χ1n) is 10.4. The summed E-state index contributed by atoms with van der Waals surface area (Å²) in [7, 11) is -5.25. The molecule has 2 N–H and O–H groups in total. The summed E-state index contributed by atoms with van der Waals surface area (Å²) in [6.45, 7) is 2.63. The summed E-state index contributed by atoms with van der Waals surface area (Å²) in [5, 5.41) is 4.43. The fourth-order valence-electron chi connectivity index (χ4n) is 4.43. The van der Waals surface area contributed by atoms with Crippen LogP contribution in [0.5, 0.6) is 0 Å². The SMILES string of the molecule is O=C(O)CCCCCCCCCC1CC2CCC1C2.[CH2-]CC(F)(F)S(=O)(=O)O.[Na+]. The Hall–Kier alpha value is 0.240. The first-order chi connectivity index (χ1) is 13.1. The third-order valence-electron chi connectivity index (χ3n) is 6.02. The number of rotatable bonds is 12. The maximum atomic E-state index is 11.8. The van der Waals surface area contributed by atoms with Gasteiger partial charge in [0.1, 0.15) is 0 Å². The van der Waals surface area contributed by atoms with Gasteiger partial charge in [0.25, 0.3) is 0 Å². The number of carboxylic acids is 1. The van der Waals surface area contributed by atoms with Crippen LogP contribution in [0.4, 0.5) is 8.78 Å². The van der Waals surface area contributed by atoms with Crippen LogP contribution >= 0.6 is 0 Å². The molecular weight excluding hydrogens is 413 g/mol. The van der Waals surface area contributed by atoms with Crippen LogP contribution in [0, 0.1) is 24.7 Å². The zero-order valence-corrected chi connectivity index (χ0v) is 20.4. The van der Waals surface area contributed by atoms with Crippen molar-refractivity contribution in [1.29, 1.82) is 0 Å². The molecule has 2 fully saturated rings. The zero-order valence-electron chi connectivity index (χ0n) is 17.6. The van der Waals surface area contributed by atoms with Crippen LogP contribution in [-0.4, -0.2) is 29.3 Å². The van der Waals surface area contributed by atoms with Gasteiger partial charge in [0.15, 0.2) is 0 Å². The van der Waals surface area contributed by atoms with E-state index in [1.807, 2.05) is 0 Å². The first-order valence-corrected chi connectivity index (χ1v) is 11.9. The molecule has 0 amide bonds. The van der Waals surface area contributed by atoms with Crippen molar-refractivity contribution in [2.45, 2.75) is 95.1 Å². The van der Waals surface area contributed by atoms with E-state index in [-0.39, 0.29) is 29.6 Å². The maximum Gasteiger partial charge on any atom is 1.00 e. The van der Waals surface area contributed by atoms with E-state index in [0.717, 1.165) is 30.6 Å². The van der Waals surface area contributed by atoms with Crippen LogP contribution < -0.4 is 29.6 Å². The van der Waals surface area contributed by atoms with Gasteiger partial charge < -0.3 is 12.0 Å². The maximum absolute atomic E-state index is 11.8. The summed E-state index contributed by atoms with van der Waals surface area (Å²) in [6.07, 6.45) is 15.5. The Kier molecular flexibility index (Phi) is 14.4. The van der Waals surface area contributed by atoms with Gasteiger partial charge in [-0.25, -0.2) is 0 Å². The minimum absolute atomic E-state index is 0. The molecule has 2 aliphatic carbocycles. The van der Waals surface area contributed by atoms with Gasteiger partial charge in [0, 0.05) is 6.42 Å². The molecule has 3 atom stereocenters. The van der Waals surface area contributed by atoms with E-state index in [0.29, 0.717) is 6.42 Å². The summed E-state index contributed by atoms with van der Waals surface area (Å²) in [5.74, 6) is 2.63. The molecule has 9 heteroatoms. The standard InChI is InChI=1S/C17H30O2.C3H5F2O3S.Na/c18-17(19)9-7-5-3-1-2-4-6-8-15-12-14-10-11-16(15)13-14;1-2-3(4,5)9(6,7)8;/h14-16H,1-13H2,(H,18,19);1-2H2,(H,6,7,8);/q;-1;+1. The normalized spacial score (nSPS) is 23.2. The topological polar surface area (TPSA) is 91.7 Å². The van der Waals surface area contributed by atoms with Crippen molar-refractivity contribution in [3.05, 3.63) is 6.92 Å². The second-order valence-corrected chi connectivity index (χ2v) is 9.75. The van der Waals surface area contributed by atoms with Gasteiger partial charge >= 0.3 is 50.9 Å². The summed E-state index contributed by atoms with van der Waals surface area (Å²) < 4.78 is 50.5. The molecule has 29 heavy (non-hydrogen) atoms. The van der Waals surface area contributed by atoms with Crippen molar-refractivity contribution in [3.63, 3.8) is 0 Å². The van der Waals surface area contributed by atoms with Gasteiger partial charge in [-0.2, -0.15) is 17.2 Å². The number of carboxylic acid groups (broad SMARTS) is 1. The number of carbonyl (C=O) groups is 1. The molecule has 5 nitrogen and oxygen atoms in total. The largest absolute Gasteiger partial charge is 1.00 e. The van der Waals surface area contributed by atoms with Crippen LogP contribution in [-0.2, 0) is 14.9 Å². The fraction of sp³-hybridized carbons (Fsp3) is 0.900. The van der Waals surface area contributed by atoms with Gasteiger partial charge in [-0.05, 0) is 43.4 Å². The van der Waals surface area contributed by atoms with Crippen molar-refractivity contribution in [1.82, 2.24) is 0 Å². The van der Waals surface area contributed by atoms with Crippen molar-refractivity contribution < 1.29 is 61.2 Å². The van der Waals surface area contributed by atoms with E-state index in [9.17, 15) is 22.0 Å². The Morgan fingerprint density at radius 3 is 1.93 bits per heavy atom. The second kappa shape index (κ2) is 14.3. The Labute approximate surface area is 196 Å². The van der Waals surface area contributed by atoms with E-state index in [4.69, 9.17) is 9.66 Å². The molecule has 0 aromatic carbocycles. The number of hydrogen-bond donors (Lipinski definition) is 2. The Morgan fingerprint density at radius 2 is 1.55 bits per heavy atom. The van der Waals surface area contributed by atoms with Crippen molar-refractivity contribution in [2.24, 2.45) is 17.8 Å². The quantitative estimate of drug-likeness (QED) is 0.207. The molecule has 166 valence electrons. The van der Waals surface area contributed by atoms with E-state index in [2.05, 4.69) is 6.92 Å². The minimum Gasteiger partial charge on any atom is -0.481 e. The van der Waals surface area contributed by atoms with Gasteiger partial charge in [-0.3, -0.25) is 9.35 Å². The zero-order chi connectivity index (χ0) is 21.2. The minimum atomic E-state index is -5.25. The number of unbranched alkanes of at least 4 members (excludes halogenated alkanes) is 6. The summed E-state index contributed by atoms with van der Waals surface area (Å²) >= 11 is 0. The van der Waals surface area contributed by atoms with Gasteiger partial charge in [-0.1, -0.05) is 57.8 Å². The molecule has 3 unspecified atom stereocenters. The number of alkyl halides is 2. The smallest absolute Gasteiger partial charge is 0.481 e. The van der Waals surface area contributed by atoms with Crippen molar-refractivity contribution >= 4 is 16.1 Å². The predicted octanol–water partition coefficient (Wildman–Crippen LogP) is 2.71. The van der Waals surface area contributed by atoms with E-state index in [1.165, 1.54) is 51.4 Å². The average molecular weight is 449 g/mol. The predicted molar refractivity (Wildman–Crippen MR) is 105 cm³/mol. The van der Waals surface area contributed by atoms with Crippen LogP contribution in [0.2, 0.25) is 0 Å². The van der Waals surface area contributed by atoms with Crippen molar-refractivity contribution in [2.75, 3.05) is 0 Å². The van der Waals surface area contributed by atoms with Crippen LogP contribution in [0.15, 0.2) is 0 Å². The molecule has 2 bridgehead atoms. The van der Waals surface area contributed by atoms with E-state index in [1.54, 1.807) is 12.8 Å². The van der Waals surface area contributed by atoms with Crippen LogP contribution in [0.1, 0.15) is 89.9 Å². The van der Waals surface area contributed by atoms with Gasteiger partial charge in [0.05, 0.1) is 0 Å². The van der Waals surface area contributed by atoms with Gasteiger partial charge in [0.2, 0.25) is 0 Å². The fourth-order valence-corrected chi connectivity index (χ4v) is 4.68. The Morgan fingerprint density at radius 1 is 1.00 bits per heavy atom. The molecule has 2 rings (SSSR count). The monoisotopic (exact) mass is 448 g/mol. The molecule has 0 heterocycles. The van der Waals surface area contributed by atoms with Gasteiger partial charge in [-0.15, -0.1) is 0 Å². The van der Waals surface area contributed by atoms with Crippen LogP contribution in [0.25, 0.3) is 0 Å². The summed E-state index contributed by atoms with van der Waals surface area (Å²) in [4.78, 5) is 10.4. The molecular formula is C20H35F2NaO5S. The number of fused-ring (bicyclic) bond motifs is 2. The van der Waals surface area contributed by atoms with E-state index < -0.39 is 27.8 Å². The number of aliphatic carboxylic acids is 1. The summed E-state index contributed by atoms with van der Waals surface area (Å²) in [6, 6.07) is 0. The molecule has 2 aliphatic rings. The molecule has 0 aromatic rings. The Bertz CT molecular complexity index is 571. The van der Waals surface area contributed by atoms with E-state index >= 15 is 0 Å². The Balaban J connectivity index is 0.000000672. The first kappa shape index (κ1) is 29.2. The summed E-state index contributed by atoms with van der Waals surface area (Å²) in [5.41, 5.74) is 0. The third kappa shape index (κ3) is 11.4. The average Bonchev–Trinajstić information content (AvgIpc) is 3.22. The molecule has 2 saturated carbocycles. The second-order valence-electron chi connectivity index (χ2n) is 8.20. The molecule has 0 saturated heterocycles. The molecule has 0 radical (unpaired) electrons. The third-order valence-corrected chi connectivity index (χ3v) is 6.98. The molecule has 0 aromatic heterocycles. The molecule has 0 aliphatic heterocycles. The van der Waals surface area contributed by atoms with Crippen molar-refractivity contribution in [3.8, 4) is 0 Å². The number of hydrogen-bond acceptors (Lipinski definition) is 3.